The highest BCUT2D eigenvalue weighted by atomic mass is 32.2. The summed E-state index contributed by atoms with van der Waals surface area (Å²) in [6.45, 7) is 0. The summed E-state index contributed by atoms with van der Waals surface area (Å²) >= 11 is 1.45. The minimum Gasteiger partial charge on any atom is -0.497 e. The third-order valence-corrected chi connectivity index (χ3v) is 4.44. The Bertz CT molecular complexity index is 785. The summed E-state index contributed by atoms with van der Waals surface area (Å²) in [5.41, 5.74) is 5.62. The average Bonchev–Trinajstić information content (AvgIpc) is 3.03. The van der Waals surface area contributed by atoms with Gasteiger partial charge in [-0.1, -0.05) is 18.2 Å². The zero-order valence-electron chi connectivity index (χ0n) is 13.2. The summed E-state index contributed by atoms with van der Waals surface area (Å²) in [4.78, 5) is 16.4. The molecule has 0 aromatic heterocycles. The maximum atomic E-state index is 11.8. The highest BCUT2D eigenvalue weighted by Crippen LogP contribution is 2.29. The van der Waals surface area contributed by atoms with E-state index in [2.05, 4.69) is 21.6 Å². The van der Waals surface area contributed by atoms with E-state index in [0.29, 0.717) is 5.75 Å². The van der Waals surface area contributed by atoms with Crippen LogP contribution in [0, 0.1) is 0 Å². The lowest BCUT2D eigenvalue weighted by molar-refractivity contribution is -0.118. The van der Waals surface area contributed by atoms with Crippen LogP contribution in [0.1, 0.15) is 11.1 Å². The van der Waals surface area contributed by atoms with Crippen molar-refractivity contribution in [2.45, 2.75) is 6.42 Å². The lowest BCUT2D eigenvalue weighted by Gasteiger charge is -2.01. The van der Waals surface area contributed by atoms with E-state index in [9.17, 15) is 4.79 Å². The van der Waals surface area contributed by atoms with Gasteiger partial charge in [-0.25, -0.2) is 10.4 Å². The molecule has 0 fully saturated rings. The number of thioether (sulfide) groups is 1. The Hall–Kier alpha value is -2.60. The highest BCUT2D eigenvalue weighted by molar-refractivity contribution is 8.14. The van der Waals surface area contributed by atoms with Crippen LogP contribution >= 0.6 is 11.8 Å². The molecule has 1 heterocycles. The molecule has 2 aromatic carbocycles. The first-order valence-corrected chi connectivity index (χ1v) is 8.47. The van der Waals surface area contributed by atoms with Crippen LogP contribution in [0.25, 0.3) is 0 Å². The molecule has 0 saturated heterocycles. The fraction of sp³-hybridized carbons (Fsp3) is 0.167. The summed E-state index contributed by atoms with van der Waals surface area (Å²) < 4.78 is 5.09. The maximum absolute atomic E-state index is 11.8. The molecule has 0 unspecified atom stereocenters. The lowest BCUT2D eigenvalue weighted by atomic mass is 10.2. The fourth-order valence-electron chi connectivity index (χ4n) is 2.24. The van der Waals surface area contributed by atoms with Crippen molar-refractivity contribution in [3.63, 3.8) is 0 Å². The van der Waals surface area contributed by atoms with Gasteiger partial charge in [0, 0.05) is 6.42 Å². The second-order valence-electron chi connectivity index (χ2n) is 5.17. The molecule has 0 spiro atoms. The minimum absolute atomic E-state index is 0.150. The van der Waals surface area contributed by atoms with Gasteiger partial charge in [-0.15, -0.1) is 11.8 Å². The number of rotatable bonds is 5. The molecule has 6 heteroatoms. The lowest BCUT2D eigenvalue weighted by Crippen LogP contribution is -2.20. The van der Waals surface area contributed by atoms with Crippen LogP contribution in [-0.4, -0.2) is 30.0 Å². The van der Waals surface area contributed by atoms with E-state index < -0.39 is 0 Å². The molecule has 24 heavy (non-hydrogen) atoms. The number of aliphatic imine (C=N–C) groups is 1. The number of methoxy groups -OCH3 is 1. The van der Waals surface area contributed by atoms with Crippen molar-refractivity contribution in [3.05, 3.63) is 59.7 Å². The van der Waals surface area contributed by atoms with Crippen molar-refractivity contribution in [3.8, 4) is 5.75 Å². The second-order valence-corrected chi connectivity index (χ2v) is 6.21. The van der Waals surface area contributed by atoms with Gasteiger partial charge in [0.15, 0.2) is 0 Å². The normalized spacial score (nSPS) is 12.8. The molecule has 1 amide bonds. The Morgan fingerprint density at radius 1 is 1.29 bits per heavy atom. The zero-order chi connectivity index (χ0) is 16.8. The minimum atomic E-state index is -0.150. The number of carbonyl (C=O) groups excluding carboxylic acids is 1. The van der Waals surface area contributed by atoms with Crippen LogP contribution < -0.4 is 10.2 Å². The van der Waals surface area contributed by atoms with E-state index in [4.69, 9.17) is 4.74 Å². The number of hydrogen-bond donors (Lipinski definition) is 1. The Balaban J connectivity index is 1.44. The molecule has 1 aliphatic rings. The molecule has 2 aromatic rings. The third-order valence-electron chi connectivity index (χ3n) is 3.47. The largest absolute Gasteiger partial charge is 0.497 e. The number of ether oxygens (including phenoxy) is 1. The first-order valence-electron chi connectivity index (χ1n) is 7.49. The molecule has 3 rings (SSSR count). The maximum Gasteiger partial charge on any atom is 0.250 e. The Labute approximate surface area is 144 Å². The topological polar surface area (TPSA) is 63.0 Å². The van der Waals surface area contributed by atoms with Gasteiger partial charge in [-0.3, -0.25) is 4.79 Å². The van der Waals surface area contributed by atoms with Crippen molar-refractivity contribution in [1.29, 1.82) is 0 Å². The van der Waals surface area contributed by atoms with Gasteiger partial charge in [0.2, 0.25) is 5.91 Å². The van der Waals surface area contributed by atoms with Gasteiger partial charge >= 0.3 is 0 Å². The molecular weight excluding hydrogens is 322 g/mol. The van der Waals surface area contributed by atoms with Crippen LogP contribution in [0.15, 0.2) is 58.6 Å². The van der Waals surface area contributed by atoms with E-state index in [1.807, 2.05) is 42.5 Å². The fourth-order valence-corrected chi connectivity index (χ4v) is 3.02. The van der Waals surface area contributed by atoms with E-state index in [0.717, 1.165) is 28.5 Å². The Morgan fingerprint density at radius 3 is 2.83 bits per heavy atom. The molecule has 1 aliphatic heterocycles. The number of nitrogens with zero attached hydrogens (tertiary/aromatic N) is 2. The van der Waals surface area contributed by atoms with Gasteiger partial charge in [-0.05, 0) is 41.5 Å². The Morgan fingerprint density at radius 2 is 2.08 bits per heavy atom. The van der Waals surface area contributed by atoms with Gasteiger partial charge in [-0.2, -0.15) is 5.10 Å². The summed E-state index contributed by atoms with van der Waals surface area (Å²) in [5.74, 6) is 0.932. The van der Waals surface area contributed by atoms with E-state index >= 15 is 0 Å². The van der Waals surface area contributed by atoms with Crippen molar-refractivity contribution >= 4 is 34.6 Å². The number of para-hydroxylation sites is 1. The van der Waals surface area contributed by atoms with Crippen LogP contribution in [0.5, 0.6) is 5.75 Å². The molecule has 0 aliphatic carbocycles. The smallest absolute Gasteiger partial charge is 0.250 e. The number of hydrogen-bond acceptors (Lipinski definition) is 5. The SMILES string of the molecule is COc1ccc(/C=N/NC(=O)CSC2=Nc3ccccc3C2)cc1. The molecule has 0 bridgehead atoms. The number of amides is 1. The average molecular weight is 339 g/mol. The molecular formula is C18H17N3O2S. The van der Waals surface area contributed by atoms with E-state index in [1.165, 1.54) is 17.3 Å². The summed E-state index contributed by atoms with van der Waals surface area (Å²) in [7, 11) is 1.62. The van der Waals surface area contributed by atoms with Crippen LogP contribution in [0.4, 0.5) is 5.69 Å². The number of hydrazone groups is 1. The monoisotopic (exact) mass is 339 g/mol. The van der Waals surface area contributed by atoms with Crippen molar-refractivity contribution in [2.24, 2.45) is 10.1 Å². The number of nitrogens with one attached hydrogen (secondary N) is 1. The molecule has 0 atom stereocenters. The molecule has 0 radical (unpaired) electrons. The first kappa shape index (κ1) is 16.3. The standard InChI is InChI=1S/C18H17N3O2S/c1-23-15-8-6-13(7-9-15)11-19-21-17(22)12-24-18-10-14-4-2-3-5-16(14)20-18/h2-9,11H,10,12H2,1H3,(H,21,22)/b19-11+. The Kier molecular flexibility index (Phi) is 5.28. The molecule has 0 saturated carbocycles. The summed E-state index contributed by atoms with van der Waals surface area (Å²) in [6, 6.07) is 15.4. The summed E-state index contributed by atoms with van der Waals surface area (Å²) in [5, 5.41) is 4.93. The van der Waals surface area contributed by atoms with Gasteiger partial charge in [0.1, 0.15) is 5.75 Å². The predicted molar refractivity (Wildman–Crippen MR) is 98.4 cm³/mol. The summed E-state index contributed by atoms with van der Waals surface area (Å²) in [6.07, 6.45) is 2.40. The van der Waals surface area contributed by atoms with Crippen LogP contribution in [-0.2, 0) is 11.2 Å². The van der Waals surface area contributed by atoms with Crippen molar-refractivity contribution in [2.75, 3.05) is 12.9 Å². The van der Waals surface area contributed by atoms with Crippen molar-refractivity contribution < 1.29 is 9.53 Å². The highest BCUT2D eigenvalue weighted by Gasteiger charge is 2.15. The molecule has 122 valence electrons. The number of fused-ring (bicyclic) bond motifs is 1. The number of carbonyl (C=O) groups is 1. The first-order chi connectivity index (χ1) is 11.7. The van der Waals surface area contributed by atoms with Gasteiger partial charge in [0.25, 0.3) is 0 Å². The van der Waals surface area contributed by atoms with Crippen LogP contribution in [0.2, 0.25) is 0 Å². The molecule has 1 N–H and O–H groups in total. The third kappa shape index (κ3) is 4.23. The van der Waals surface area contributed by atoms with E-state index in [1.54, 1.807) is 13.3 Å². The molecule has 5 nitrogen and oxygen atoms in total. The van der Waals surface area contributed by atoms with E-state index in [-0.39, 0.29) is 5.91 Å². The zero-order valence-corrected chi connectivity index (χ0v) is 14.0. The van der Waals surface area contributed by atoms with Gasteiger partial charge < -0.3 is 4.74 Å². The number of benzene rings is 2. The quantitative estimate of drug-likeness (QED) is 0.672. The van der Waals surface area contributed by atoms with Crippen LogP contribution in [0.3, 0.4) is 0 Å². The van der Waals surface area contributed by atoms with Gasteiger partial charge in [0.05, 0.1) is 29.8 Å². The van der Waals surface area contributed by atoms with Crippen molar-refractivity contribution in [1.82, 2.24) is 5.43 Å². The predicted octanol–water partition coefficient (Wildman–Crippen LogP) is 3.16. The second kappa shape index (κ2) is 7.79.